The van der Waals surface area contributed by atoms with Crippen LogP contribution in [0.25, 0.3) is 0 Å². The predicted molar refractivity (Wildman–Crippen MR) is 96.0 cm³/mol. The van der Waals surface area contributed by atoms with E-state index >= 15 is 0 Å². The molecule has 4 N–H and O–H groups in total. The summed E-state index contributed by atoms with van der Waals surface area (Å²) in [5.41, 5.74) is 7.31. The number of aliphatic hydroxyl groups excluding tert-OH is 1. The molecule has 0 aliphatic carbocycles. The lowest BCUT2D eigenvalue weighted by Crippen LogP contribution is -2.40. The number of rotatable bonds is 9. The summed E-state index contributed by atoms with van der Waals surface area (Å²) in [5.74, 6) is -2.27. The van der Waals surface area contributed by atoms with E-state index in [-0.39, 0.29) is 6.42 Å². The molecule has 5 nitrogen and oxygen atoms in total. The minimum atomic E-state index is -1.06. The van der Waals surface area contributed by atoms with Gasteiger partial charge in [0.15, 0.2) is 0 Å². The molecule has 25 heavy (non-hydrogen) atoms. The second-order valence-electron chi connectivity index (χ2n) is 5.89. The van der Waals surface area contributed by atoms with Gasteiger partial charge in [0, 0.05) is 6.54 Å². The van der Waals surface area contributed by atoms with E-state index < -0.39 is 23.8 Å². The molecule has 0 aromatic heterocycles. The van der Waals surface area contributed by atoms with Crippen molar-refractivity contribution in [3.8, 4) is 0 Å². The van der Waals surface area contributed by atoms with E-state index in [2.05, 4.69) is 5.32 Å². The number of hydrogen-bond acceptors (Lipinski definition) is 3. The molecular formula is C20H23N2O3. The first-order chi connectivity index (χ1) is 12.1. The molecule has 0 bridgehead atoms. The Hall–Kier alpha value is -2.66. The van der Waals surface area contributed by atoms with Gasteiger partial charge in [-0.3, -0.25) is 9.59 Å². The summed E-state index contributed by atoms with van der Waals surface area (Å²) >= 11 is 0. The number of amides is 2. The standard InChI is InChI=1S/C20H23N2O3/c21-19(24)18(20(25)22-14-16-9-5-2-6-10-16)13-17(23)12-11-15-7-3-1-4-8-15/h1-10,12,17-18,23H,11,13-14H2,(H2,21,24)(H,22,25)/t17-,18+/m0/s1. The molecule has 1 radical (unpaired) electrons. The molecule has 131 valence electrons. The maximum Gasteiger partial charge on any atom is 0.232 e. The fourth-order valence-electron chi connectivity index (χ4n) is 2.48. The van der Waals surface area contributed by atoms with Gasteiger partial charge in [-0.2, -0.15) is 0 Å². The second-order valence-corrected chi connectivity index (χ2v) is 5.89. The van der Waals surface area contributed by atoms with Crippen LogP contribution in [0.5, 0.6) is 0 Å². The molecule has 0 saturated heterocycles. The van der Waals surface area contributed by atoms with Crippen molar-refractivity contribution in [1.82, 2.24) is 5.32 Å². The van der Waals surface area contributed by atoms with E-state index in [9.17, 15) is 14.7 Å². The van der Waals surface area contributed by atoms with Gasteiger partial charge in [-0.1, -0.05) is 60.7 Å². The van der Waals surface area contributed by atoms with Gasteiger partial charge in [0.1, 0.15) is 5.92 Å². The topological polar surface area (TPSA) is 92.4 Å². The van der Waals surface area contributed by atoms with E-state index in [1.54, 1.807) is 6.42 Å². The van der Waals surface area contributed by atoms with Crippen LogP contribution in [-0.2, 0) is 22.6 Å². The predicted octanol–water partition coefficient (Wildman–Crippen LogP) is 1.60. The maximum atomic E-state index is 12.2. The average Bonchev–Trinajstić information content (AvgIpc) is 2.64. The number of nitrogens with two attached hydrogens (primary N) is 1. The highest BCUT2D eigenvalue weighted by molar-refractivity contribution is 5.99. The molecule has 2 amide bonds. The Labute approximate surface area is 147 Å². The molecule has 5 heteroatoms. The fourth-order valence-corrected chi connectivity index (χ4v) is 2.48. The molecule has 0 aliphatic rings. The van der Waals surface area contributed by atoms with Crippen LogP contribution >= 0.6 is 0 Å². The van der Waals surface area contributed by atoms with Crippen LogP contribution in [0.1, 0.15) is 17.5 Å². The molecule has 2 aromatic rings. The van der Waals surface area contributed by atoms with Crippen LogP contribution in [0, 0.1) is 12.3 Å². The summed E-state index contributed by atoms with van der Waals surface area (Å²) in [4.78, 5) is 23.8. The van der Waals surface area contributed by atoms with E-state index in [0.717, 1.165) is 11.1 Å². The number of carbonyl (C=O) groups is 2. The largest absolute Gasteiger partial charge is 0.393 e. The van der Waals surface area contributed by atoms with Crippen LogP contribution in [-0.4, -0.2) is 23.0 Å². The Morgan fingerprint density at radius 2 is 1.56 bits per heavy atom. The first-order valence-electron chi connectivity index (χ1n) is 8.22. The lowest BCUT2D eigenvalue weighted by molar-refractivity contribution is -0.134. The number of nitrogens with one attached hydrogen (secondary N) is 1. The smallest absolute Gasteiger partial charge is 0.232 e. The zero-order chi connectivity index (χ0) is 18.1. The molecule has 2 rings (SSSR count). The van der Waals surface area contributed by atoms with Gasteiger partial charge in [-0.25, -0.2) is 0 Å². The summed E-state index contributed by atoms with van der Waals surface area (Å²) in [6.45, 7) is 0.313. The van der Waals surface area contributed by atoms with Gasteiger partial charge in [-0.15, -0.1) is 0 Å². The van der Waals surface area contributed by atoms with Crippen molar-refractivity contribution in [1.29, 1.82) is 0 Å². The fraction of sp³-hybridized carbons (Fsp3) is 0.250. The van der Waals surface area contributed by atoms with Crippen molar-refractivity contribution in [2.75, 3.05) is 0 Å². The van der Waals surface area contributed by atoms with Crippen LogP contribution in [0.15, 0.2) is 60.7 Å². The van der Waals surface area contributed by atoms with Crippen molar-refractivity contribution in [2.24, 2.45) is 11.7 Å². The first kappa shape index (κ1) is 18.7. The Kier molecular flexibility index (Phi) is 7.16. The van der Waals surface area contributed by atoms with Gasteiger partial charge >= 0.3 is 0 Å². The number of aliphatic hydroxyl groups is 1. The first-order valence-corrected chi connectivity index (χ1v) is 8.22. The Balaban J connectivity index is 1.84. The molecule has 2 aromatic carbocycles. The van der Waals surface area contributed by atoms with Crippen molar-refractivity contribution < 1.29 is 14.7 Å². The Bertz CT molecular complexity index is 674. The number of primary amides is 1. The van der Waals surface area contributed by atoms with E-state index in [1.807, 2.05) is 60.7 Å². The molecule has 0 aliphatic heterocycles. The summed E-state index contributed by atoms with van der Waals surface area (Å²) in [7, 11) is 0. The summed E-state index contributed by atoms with van der Waals surface area (Å²) in [5, 5.41) is 12.8. The second kappa shape index (κ2) is 9.59. The summed E-state index contributed by atoms with van der Waals surface area (Å²) in [6, 6.07) is 19.0. The number of benzene rings is 2. The van der Waals surface area contributed by atoms with Crippen molar-refractivity contribution in [3.05, 3.63) is 78.2 Å². The van der Waals surface area contributed by atoms with Crippen molar-refractivity contribution in [2.45, 2.75) is 25.5 Å². The highest BCUT2D eigenvalue weighted by Gasteiger charge is 2.27. The highest BCUT2D eigenvalue weighted by atomic mass is 16.3. The van der Waals surface area contributed by atoms with E-state index in [1.165, 1.54) is 0 Å². The normalized spacial score (nSPS) is 13.0. The van der Waals surface area contributed by atoms with Gasteiger partial charge in [0.2, 0.25) is 11.8 Å². The molecule has 0 fully saturated rings. The molecule has 0 heterocycles. The molecule has 0 unspecified atom stereocenters. The van der Waals surface area contributed by atoms with Gasteiger partial charge in [0.05, 0.1) is 6.10 Å². The molecule has 0 spiro atoms. The lowest BCUT2D eigenvalue weighted by atomic mass is 9.96. The maximum absolute atomic E-state index is 12.2. The Morgan fingerprint density at radius 3 is 2.12 bits per heavy atom. The van der Waals surface area contributed by atoms with Gasteiger partial charge in [-0.05, 0) is 30.4 Å². The minimum absolute atomic E-state index is 0.0250. The molecule has 0 saturated carbocycles. The van der Waals surface area contributed by atoms with Gasteiger partial charge in [0.25, 0.3) is 0 Å². The zero-order valence-corrected chi connectivity index (χ0v) is 14.0. The third kappa shape index (κ3) is 6.39. The van der Waals surface area contributed by atoms with Crippen LogP contribution in [0.2, 0.25) is 0 Å². The van der Waals surface area contributed by atoms with Crippen LogP contribution in [0.4, 0.5) is 0 Å². The SMILES string of the molecule is NC(=O)[C@@H](C[C@@H](O)[CH]Cc1ccccc1)C(=O)NCc1ccccc1. The zero-order valence-electron chi connectivity index (χ0n) is 14.0. The minimum Gasteiger partial charge on any atom is -0.393 e. The highest BCUT2D eigenvalue weighted by Crippen LogP contribution is 2.13. The molecular weight excluding hydrogens is 316 g/mol. The molecule has 2 atom stereocenters. The van der Waals surface area contributed by atoms with Crippen molar-refractivity contribution >= 4 is 11.8 Å². The lowest BCUT2D eigenvalue weighted by Gasteiger charge is -2.17. The van der Waals surface area contributed by atoms with Crippen molar-refractivity contribution in [3.63, 3.8) is 0 Å². The summed E-state index contributed by atoms with van der Waals surface area (Å²) < 4.78 is 0. The van der Waals surface area contributed by atoms with E-state index in [4.69, 9.17) is 5.73 Å². The third-order valence-corrected chi connectivity index (χ3v) is 3.92. The third-order valence-electron chi connectivity index (χ3n) is 3.92. The summed E-state index contributed by atoms with van der Waals surface area (Å²) in [6.07, 6.45) is 1.32. The van der Waals surface area contributed by atoms with Crippen LogP contribution < -0.4 is 11.1 Å². The number of hydrogen-bond donors (Lipinski definition) is 3. The van der Waals surface area contributed by atoms with E-state index in [0.29, 0.717) is 13.0 Å². The average molecular weight is 339 g/mol. The quantitative estimate of drug-likeness (QED) is 0.606. The monoisotopic (exact) mass is 339 g/mol. The van der Waals surface area contributed by atoms with Gasteiger partial charge < -0.3 is 16.2 Å². The Morgan fingerprint density at radius 1 is 1.00 bits per heavy atom. The van der Waals surface area contributed by atoms with Crippen LogP contribution in [0.3, 0.4) is 0 Å². The number of carbonyl (C=O) groups excluding carboxylic acids is 2.